The Morgan fingerprint density at radius 2 is 1.96 bits per heavy atom. The molecule has 0 N–H and O–H groups in total. The summed E-state index contributed by atoms with van der Waals surface area (Å²) >= 11 is 6.68. The van der Waals surface area contributed by atoms with E-state index in [1.807, 2.05) is 6.08 Å². The van der Waals surface area contributed by atoms with E-state index in [9.17, 15) is 9.59 Å². The van der Waals surface area contributed by atoms with Gasteiger partial charge in [0.1, 0.15) is 4.32 Å². The Bertz CT molecular complexity index is 694. The number of hydrogen-bond donors (Lipinski definition) is 0. The van der Waals surface area contributed by atoms with Crippen molar-refractivity contribution >= 4 is 46.3 Å². The highest BCUT2D eigenvalue weighted by Crippen LogP contribution is 2.33. The quantitative estimate of drug-likeness (QED) is 0.466. The van der Waals surface area contributed by atoms with Crippen LogP contribution in [0.1, 0.15) is 28.8 Å². The minimum absolute atomic E-state index is 0.0473. The zero-order valence-electron chi connectivity index (χ0n) is 13.4. The Balaban J connectivity index is 1.72. The lowest BCUT2D eigenvalue weighted by molar-refractivity contribution is -0.123. The molecule has 1 amide bonds. The van der Waals surface area contributed by atoms with Crippen LogP contribution in [0.15, 0.2) is 29.2 Å². The summed E-state index contributed by atoms with van der Waals surface area (Å²) in [5.74, 6) is -0.424. The highest BCUT2D eigenvalue weighted by atomic mass is 32.2. The zero-order valence-corrected chi connectivity index (χ0v) is 15.0. The molecule has 0 aromatic heterocycles. The molecule has 2 heterocycles. The Hall–Kier alpha value is -1.70. The van der Waals surface area contributed by atoms with Crippen molar-refractivity contribution in [3.05, 3.63) is 40.3 Å². The summed E-state index contributed by atoms with van der Waals surface area (Å²) in [6, 6.07) is 6.95. The molecule has 2 aliphatic heterocycles. The number of rotatable bonds is 4. The molecule has 0 unspecified atom stereocenters. The van der Waals surface area contributed by atoms with E-state index in [1.165, 1.54) is 31.7 Å². The number of amides is 1. The molecule has 1 aromatic rings. The number of methoxy groups -OCH3 is 1. The van der Waals surface area contributed by atoms with Gasteiger partial charge < -0.3 is 4.74 Å². The molecular weight excluding hydrogens is 344 g/mol. The number of carbonyl (C=O) groups excluding carboxylic acids is 2. The van der Waals surface area contributed by atoms with Gasteiger partial charge in [-0.25, -0.2) is 4.79 Å². The van der Waals surface area contributed by atoms with Crippen molar-refractivity contribution in [3.63, 3.8) is 0 Å². The summed E-state index contributed by atoms with van der Waals surface area (Å²) in [6.07, 6.45) is 4.17. The van der Waals surface area contributed by atoms with Gasteiger partial charge in [0, 0.05) is 0 Å². The third-order valence-electron chi connectivity index (χ3n) is 4.04. The van der Waals surface area contributed by atoms with Crippen molar-refractivity contribution in [3.8, 4) is 0 Å². The molecule has 2 saturated heterocycles. The molecule has 1 aromatic carbocycles. The lowest BCUT2D eigenvalue weighted by atomic mass is 10.1. The Morgan fingerprint density at radius 1 is 1.29 bits per heavy atom. The minimum atomic E-state index is -0.376. The molecule has 0 bridgehead atoms. The van der Waals surface area contributed by atoms with Crippen molar-refractivity contribution in [2.24, 2.45) is 0 Å². The largest absolute Gasteiger partial charge is 0.465 e. The van der Waals surface area contributed by atoms with Crippen molar-refractivity contribution < 1.29 is 14.3 Å². The van der Waals surface area contributed by atoms with E-state index in [4.69, 9.17) is 12.2 Å². The molecule has 0 aliphatic carbocycles. The Morgan fingerprint density at radius 3 is 2.58 bits per heavy atom. The number of benzene rings is 1. The van der Waals surface area contributed by atoms with Crippen molar-refractivity contribution in [1.29, 1.82) is 0 Å². The molecule has 2 aliphatic rings. The van der Waals surface area contributed by atoms with Crippen LogP contribution < -0.4 is 0 Å². The average molecular weight is 362 g/mol. The van der Waals surface area contributed by atoms with Crippen molar-refractivity contribution in [2.45, 2.75) is 12.8 Å². The summed E-state index contributed by atoms with van der Waals surface area (Å²) in [4.78, 5) is 28.6. The van der Waals surface area contributed by atoms with Crippen LogP contribution in [0.25, 0.3) is 6.08 Å². The molecule has 0 atom stereocenters. The van der Waals surface area contributed by atoms with Gasteiger partial charge in [-0.05, 0) is 49.7 Å². The number of ether oxygens (including phenoxy) is 1. The predicted octanol–water partition coefficient (Wildman–Crippen LogP) is 2.73. The maximum Gasteiger partial charge on any atom is 0.337 e. The van der Waals surface area contributed by atoms with E-state index in [0.29, 0.717) is 21.5 Å². The van der Waals surface area contributed by atoms with Crippen LogP contribution >= 0.6 is 24.0 Å². The predicted molar refractivity (Wildman–Crippen MR) is 98.5 cm³/mol. The summed E-state index contributed by atoms with van der Waals surface area (Å²) in [6.45, 7) is 2.61. The summed E-state index contributed by atoms with van der Waals surface area (Å²) < 4.78 is 5.28. The first-order valence-corrected chi connectivity index (χ1v) is 8.97. The third kappa shape index (κ3) is 3.68. The number of nitrogens with zero attached hydrogens (tertiary/aromatic N) is 2. The number of carbonyl (C=O) groups is 2. The third-order valence-corrected chi connectivity index (χ3v) is 5.42. The number of thioether (sulfide) groups is 1. The first-order chi connectivity index (χ1) is 11.6. The van der Waals surface area contributed by atoms with Gasteiger partial charge in [0.15, 0.2) is 0 Å². The van der Waals surface area contributed by atoms with Crippen molar-refractivity contribution in [1.82, 2.24) is 9.80 Å². The fourth-order valence-electron chi connectivity index (χ4n) is 2.73. The second-order valence-corrected chi connectivity index (χ2v) is 7.37. The number of thiocarbonyl (C=S) groups is 1. The molecule has 0 spiro atoms. The maximum absolute atomic E-state index is 12.6. The second-order valence-electron chi connectivity index (χ2n) is 5.69. The fourth-order valence-corrected chi connectivity index (χ4v) is 3.97. The number of hydrogen-bond acceptors (Lipinski definition) is 6. The summed E-state index contributed by atoms with van der Waals surface area (Å²) in [7, 11) is 1.35. The molecule has 126 valence electrons. The standard InChI is InChI=1S/C17H18N2O3S2/c1-22-16(21)13-6-4-12(5-7-13)10-14-15(20)19(17(23)24-14)11-18-8-2-3-9-18/h4-7,10H,2-3,8-9,11H2,1H3/b14-10-. The van der Waals surface area contributed by atoms with Crippen LogP contribution in [0.2, 0.25) is 0 Å². The van der Waals surface area contributed by atoms with Crippen LogP contribution in [0.5, 0.6) is 0 Å². The van der Waals surface area contributed by atoms with Crippen LogP contribution in [-0.2, 0) is 9.53 Å². The Kier molecular flexibility index (Phi) is 5.33. The van der Waals surface area contributed by atoms with E-state index < -0.39 is 0 Å². The van der Waals surface area contributed by atoms with E-state index >= 15 is 0 Å². The van der Waals surface area contributed by atoms with Crippen LogP contribution in [0.3, 0.4) is 0 Å². The highest BCUT2D eigenvalue weighted by molar-refractivity contribution is 8.26. The maximum atomic E-state index is 12.6. The van der Waals surface area contributed by atoms with E-state index in [2.05, 4.69) is 9.64 Å². The zero-order chi connectivity index (χ0) is 17.1. The van der Waals surface area contributed by atoms with E-state index in [1.54, 1.807) is 29.2 Å². The molecule has 2 fully saturated rings. The SMILES string of the molecule is COC(=O)c1ccc(/C=C2\SC(=S)N(CN3CCCC3)C2=O)cc1. The van der Waals surface area contributed by atoms with Gasteiger partial charge in [0.25, 0.3) is 5.91 Å². The molecule has 24 heavy (non-hydrogen) atoms. The van der Waals surface area contributed by atoms with Crippen molar-refractivity contribution in [2.75, 3.05) is 26.9 Å². The second kappa shape index (κ2) is 7.46. The van der Waals surface area contributed by atoms with Gasteiger partial charge in [-0.1, -0.05) is 36.1 Å². The molecule has 5 nitrogen and oxygen atoms in total. The number of esters is 1. The van der Waals surface area contributed by atoms with Gasteiger partial charge in [-0.15, -0.1) is 0 Å². The Labute approximate surface area is 150 Å². The fraction of sp³-hybridized carbons (Fsp3) is 0.353. The van der Waals surface area contributed by atoms with Crippen LogP contribution in [0, 0.1) is 0 Å². The molecular formula is C17H18N2O3S2. The van der Waals surface area contributed by atoms with E-state index in [-0.39, 0.29) is 11.9 Å². The number of likely N-dealkylation sites (tertiary alicyclic amines) is 1. The van der Waals surface area contributed by atoms with Gasteiger partial charge in [-0.3, -0.25) is 14.6 Å². The highest BCUT2D eigenvalue weighted by Gasteiger charge is 2.33. The smallest absolute Gasteiger partial charge is 0.337 e. The van der Waals surface area contributed by atoms with Gasteiger partial charge >= 0.3 is 5.97 Å². The lowest BCUT2D eigenvalue weighted by Gasteiger charge is -2.22. The topological polar surface area (TPSA) is 49.9 Å². The molecule has 3 rings (SSSR count). The van der Waals surface area contributed by atoms with Gasteiger partial charge in [0.05, 0.1) is 24.2 Å². The van der Waals surface area contributed by atoms with Crippen LogP contribution in [-0.4, -0.2) is 52.9 Å². The molecule has 7 heteroatoms. The van der Waals surface area contributed by atoms with Gasteiger partial charge in [-0.2, -0.15) is 0 Å². The molecule has 0 saturated carbocycles. The average Bonchev–Trinajstić information content (AvgIpc) is 3.19. The first kappa shape index (κ1) is 17.1. The minimum Gasteiger partial charge on any atom is -0.465 e. The molecule has 0 radical (unpaired) electrons. The normalized spacial score (nSPS) is 20.2. The lowest BCUT2D eigenvalue weighted by Crippen LogP contribution is -2.38. The van der Waals surface area contributed by atoms with Gasteiger partial charge in [0.2, 0.25) is 0 Å². The summed E-state index contributed by atoms with van der Waals surface area (Å²) in [5, 5.41) is 0. The monoisotopic (exact) mass is 362 g/mol. The van der Waals surface area contributed by atoms with E-state index in [0.717, 1.165) is 18.7 Å². The first-order valence-electron chi connectivity index (χ1n) is 7.74. The summed E-state index contributed by atoms with van der Waals surface area (Å²) in [5.41, 5.74) is 1.33. The van der Waals surface area contributed by atoms with Crippen LogP contribution in [0.4, 0.5) is 0 Å².